The number of aryl methyl sites for hydroxylation is 2. The number of carbonyl (C=O) groups is 1. The SMILES string of the molecule is CCCCN1CCC(NC(=O)C2CCN(S(=O)(=O)c3cn(C)c(C)n3)CC2)CC1. The Morgan fingerprint density at radius 3 is 2.38 bits per heavy atom. The maximum absolute atomic E-state index is 12.8. The van der Waals surface area contributed by atoms with Gasteiger partial charge < -0.3 is 14.8 Å². The van der Waals surface area contributed by atoms with Gasteiger partial charge in [-0.15, -0.1) is 0 Å². The molecule has 1 aromatic rings. The Morgan fingerprint density at radius 2 is 1.83 bits per heavy atom. The lowest BCUT2D eigenvalue weighted by Crippen LogP contribution is -2.48. The molecule has 1 amide bonds. The van der Waals surface area contributed by atoms with E-state index in [0.29, 0.717) is 31.8 Å². The third kappa shape index (κ3) is 5.38. The Labute approximate surface area is 174 Å². The molecular formula is C20H35N5O3S. The first-order chi connectivity index (χ1) is 13.8. The molecule has 8 nitrogen and oxygen atoms in total. The van der Waals surface area contributed by atoms with Crippen molar-refractivity contribution in [1.82, 2.24) is 24.1 Å². The fourth-order valence-electron chi connectivity index (χ4n) is 4.14. The van der Waals surface area contributed by atoms with Gasteiger partial charge in [0.2, 0.25) is 5.91 Å². The smallest absolute Gasteiger partial charge is 0.262 e. The van der Waals surface area contributed by atoms with Crippen molar-refractivity contribution in [3.8, 4) is 0 Å². The van der Waals surface area contributed by atoms with Gasteiger partial charge in [0.1, 0.15) is 5.82 Å². The van der Waals surface area contributed by atoms with Gasteiger partial charge in [-0.2, -0.15) is 4.31 Å². The molecule has 0 unspecified atom stereocenters. The molecule has 2 fully saturated rings. The van der Waals surface area contributed by atoms with Gasteiger partial charge in [0.15, 0.2) is 5.03 Å². The van der Waals surface area contributed by atoms with Gasteiger partial charge in [-0.25, -0.2) is 13.4 Å². The maximum atomic E-state index is 12.8. The maximum Gasteiger partial charge on any atom is 0.262 e. The molecule has 1 aromatic heterocycles. The van der Waals surface area contributed by atoms with Gasteiger partial charge >= 0.3 is 0 Å². The van der Waals surface area contributed by atoms with Gasteiger partial charge in [0.05, 0.1) is 0 Å². The van der Waals surface area contributed by atoms with Crippen LogP contribution < -0.4 is 5.32 Å². The summed E-state index contributed by atoms with van der Waals surface area (Å²) in [6, 6.07) is 0.249. The molecule has 0 atom stereocenters. The van der Waals surface area contributed by atoms with Crippen LogP contribution in [0.15, 0.2) is 11.2 Å². The zero-order valence-corrected chi connectivity index (χ0v) is 18.7. The van der Waals surface area contributed by atoms with Crippen molar-refractivity contribution in [2.75, 3.05) is 32.7 Å². The highest BCUT2D eigenvalue weighted by molar-refractivity contribution is 7.89. The summed E-state index contributed by atoms with van der Waals surface area (Å²) < 4.78 is 28.8. The Kier molecular flexibility index (Phi) is 7.34. The van der Waals surface area contributed by atoms with E-state index in [9.17, 15) is 13.2 Å². The van der Waals surface area contributed by atoms with E-state index in [0.717, 1.165) is 32.5 Å². The predicted octanol–water partition coefficient (Wildman–Crippen LogP) is 1.51. The van der Waals surface area contributed by atoms with Crippen LogP contribution in [0.4, 0.5) is 0 Å². The summed E-state index contributed by atoms with van der Waals surface area (Å²) in [5, 5.41) is 3.30. The van der Waals surface area contributed by atoms with Crippen LogP contribution >= 0.6 is 0 Å². The topological polar surface area (TPSA) is 87.5 Å². The average molecular weight is 426 g/mol. The first-order valence-corrected chi connectivity index (χ1v) is 12.3. The standard InChI is InChI=1S/C20H35N5O3S/c1-4-5-10-24-11-8-18(9-12-24)22-20(26)17-6-13-25(14-7-17)29(27,28)19-15-23(3)16(2)21-19/h15,17-18H,4-14H2,1-3H3,(H,22,26). The molecule has 0 bridgehead atoms. The van der Waals surface area contributed by atoms with Crippen LogP contribution in [0, 0.1) is 12.8 Å². The second-order valence-electron chi connectivity index (χ2n) is 8.39. The van der Waals surface area contributed by atoms with E-state index in [1.54, 1.807) is 24.7 Å². The Bertz CT molecular complexity index is 772. The van der Waals surface area contributed by atoms with Crippen molar-refractivity contribution in [2.45, 2.75) is 63.4 Å². The number of piperidine rings is 2. The van der Waals surface area contributed by atoms with Crippen LogP contribution in [-0.4, -0.2) is 71.8 Å². The minimum Gasteiger partial charge on any atom is -0.353 e. The van der Waals surface area contributed by atoms with E-state index in [4.69, 9.17) is 0 Å². The number of rotatable bonds is 7. The molecule has 0 radical (unpaired) electrons. The Balaban J connectivity index is 1.46. The number of nitrogens with zero attached hydrogens (tertiary/aromatic N) is 4. The molecule has 9 heteroatoms. The lowest BCUT2D eigenvalue weighted by molar-refractivity contribution is -0.127. The largest absolute Gasteiger partial charge is 0.353 e. The number of hydrogen-bond acceptors (Lipinski definition) is 5. The first-order valence-electron chi connectivity index (χ1n) is 10.8. The normalized spacial score (nSPS) is 20.8. The quantitative estimate of drug-likeness (QED) is 0.715. The van der Waals surface area contributed by atoms with Crippen LogP contribution in [0.2, 0.25) is 0 Å². The molecule has 164 valence electrons. The summed E-state index contributed by atoms with van der Waals surface area (Å²) >= 11 is 0. The lowest BCUT2D eigenvalue weighted by atomic mass is 9.96. The number of unbranched alkanes of at least 4 members (excludes halogenated alkanes) is 1. The summed E-state index contributed by atoms with van der Waals surface area (Å²) in [6.07, 6.45) is 7.12. The Morgan fingerprint density at radius 1 is 1.17 bits per heavy atom. The minimum absolute atomic E-state index is 0.0859. The molecule has 3 rings (SSSR count). The minimum atomic E-state index is -3.59. The molecule has 29 heavy (non-hydrogen) atoms. The van der Waals surface area contributed by atoms with Crippen LogP contribution in [0.3, 0.4) is 0 Å². The van der Waals surface area contributed by atoms with E-state index in [-0.39, 0.29) is 22.9 Å². The van der Waals surface area contributed by atoms with Crippen molar-refractivity contribution in [1.29, 1.82) is 0 Å². The van der Waals surface area contributed by atoms with Gasteiger partial charge in [-0.05, 0) is 45.6 Å². The number of nitrogens with one attached hydrogen (secondary N) is 1. The third-order valence-corrected chi connectivity index (χ3v) is 8.05. The van der Waals surface area contributed by atoms with Gasteiger partial charge in [-0.1, -0.05) is 13.3 Å². The van der Waals surface area contributed by atoms with Crippen molar-refractivity contribution in [2.24, 2.45) is 13.0 Å². The molecule has 0 saturated carbocycles. The van der Waals surface area contributed by atoms with E-state index in [1.807, 2.05) is 0 Å². The molecule has 0 aliphatic carbocycles. The molecular weight excluding hydrogens is 390 g/mol. The number of carbonyl (C=O) groups excluding carboxylic acids is 1. The second-order valence-corrected chi connectivity index (χ2v) is 10.3. The molecule has 3 heterocycles. The number of imidazole rings is 1. The molecule has 2 aliphatic heterocycles. The average Bonchev–Trinajstić information content (AvgIpc) is 3.07. The van der Waals surface area contributed by atoms with Gasteiger partial charge in [0.25, 0.3) is 10.0 Å². The molecule has 0 aromatic carbocycles. The van der Waals surface area contributed by atoms with Crippen molar-refractivity contribution in [3.63, 3.8) is 0 Å². The van der Waals surface area contributed by atoms with Crippen molar-refractivity contribution in [3.05, 3.63) is 12.0 Å². The lowest BCUT2D eigenvalue weighted by Gasteiger charge is -2.34. The van der Waals surface area contributed by atoms with E-state index in [1.165, 1.54) is 17.1 Å². The molecule has 1 N–H and O–H groups in total. The summed E-state index contributed by atoms with van der Waals surface area (Å²) in [5.41, 5.74) is 0. The zero-order chi connectivity index (χ0) is 21.0. The van der Waals surface area contributed by atoms with Gasteiger partial charge in [-0.3, -0.25) is 4.79 Å². The predicted molar refractivity (Wildman–Crippen MR) is 112 cm³/mol. The molecule has 2 saturated heterocycles. The molecule has 0 spiro atoms. The Hall–Kier alpha value is -1.45. The first kappa shape index (κ1) is 22.2. The fourth-order valence-corrected chi connectivity index (χ4v) is 5.64. The number of likely N-dealkylation sites (tertiary alicyclic amines) is 1. The third-order valence-electron chi connectivity index (χ3n) is 6.28. The summed E-state index contributed by atoms with van der Waals surface area (Å²) in [7, 11) is -1.81. The van der Waals surface area contributed by atoms with Crippen molar-refractivity contribution < 1.29 is 13.2 Å². The number of amides is 1. The molecule has 2 aliphatic rings. The van der Waals surface area contributed by atoms with Crippen LogP contribution in [0.1, 0.15) is 51.3 Å². The highest BCUT2D eigenvalue weighted by Crippen LogP contribution is 2.24. The monoisotopic (exact) mass is 425 g/mol. The highest BCUT2D eigenvalue weighted by Gasteiger charge is 2.34. The fraction of sp³-hybridized carbons (Fsp3) is 0.800. The number of sulfonamides is 1. The van der Waals surface area contributed by atoms with Crippen molar-refractivity contribution >= 4 is 15.9 Å². The van der Waals surface area contributed by atoms with Crippen LogP contribution in [0.25, 0.3) is 0 Å². The van der Waals surface area contributed by atoms with Crippen LogP contribution in [0.5, 0.6) is 0 Å². The highest BCUT2D eigenvalue weighted by atomic mass is 32.2. The summed E-state index contributed by atoms with van der Waals surface area (Å²) in [6.45, 7) is 7.97. The summed E-state index contributed by atoms with van der Waals surface area (Å²) in [5.74, 6) is 0.645. The van der Waals surface area contributed by atoms with Crippen LogP contribution in [-0.2, 0) is 21.9 Å². The number of hydrogen-bond donors (Lipinski definition) is 1. The second kappa shape index (κ2) is 9.57. The number of aromatic nitrogens is 2. The zero-order valence-electron chi connectivity index (χ0n) is 17.9. The van der Waals surface area contributed by atoms with E-state index < -0.39 is 10.0 Å². The van der Waals surface area contributed by atoms with E-state index >= 15 is 0 Å². The van der Waals surface area contributed by atoms with Gasteiger partial charge in [0, 0.05) is 51.4 Å². The summed E-state index contributed by atoms with van der Waals surface area (Å²) in [4.78, 5) is 19.3. The van der Waals surface area contributed by atoms with E-state index in [2.05, 4.69) is 22.1 Å².